The summed E-state index contributed by atoms with van der Waals surface area (Å²) in [5, 5.41) is 14.7. The van der Waals surface area contributed by atoms with Crippen molar-refractivity contribution in [2.45, 2.75) is 18.2 Å². The molecule has 2 aromatic heterocycles. The third kappa shape index (κ3) is 5.06. The van der Waals surface area contributed by atoms with Crippen LogP contribution >= 0.6 is 0 Å². The molecular formula is C26H25N5O6S. The Labute approximate surface area is 218 Å². The maximum atomic E-state index is 13.1. The zero-order valence-electron chi connectivity index (χ0n) is 20.8. The van der Waals surface area contributed by atoms with Crippen LogP contribution in [0.25, 0.3) is 11.0 Å². The van der Waals surface area contributed by atoms with Crippen LogP contribution in [0.15, 0.2) is 76.1 Å². The molecule has 0 saturated carbocycles. The van der Waals surface area contributed by atoms with Crippen LogP contribution in [0.1, 0.15) is 12.6 Å². The number of aromatic amines is 1. The van der Waals surface area contributed by atoms with Gasteiger partial charge in [0.1, 0.15) is 11.5 Å². The molecule has 12 heteroatoms. The van der Waals surface area contributed by atoms with Gasteiger partial charge in [-0.05, 0) is 48.9 Å². The Bertz CT molecular complexity index is 1680. The van der Waals surface area contributed by atoms with Crippen LogP contribution in [0.5, 0.6) is 23.0 Å². The molecule has 3 N–H and O–H groups in total. The Morgan fingerprint density at radius 1 is 0.947 bits per heavy atom. The van der Waals surface area contributed by atoms with Crippen molar-refractivity contribution in [2.24, 2.45) is 0 Å². The average Bonchev–Trinajstić information content (AvgIpc) is 3.55. The van der Waals surface area contributed by atoms with E-state index >= 15 is 0 Å². The van der Waals surface area contributed by atoms with E-state index < -0.39 is 10.0 Å². The highest BCUT2D eigenvalue weighted by molar-refractivity contribution is 7.92. The molecule has 0 aliphatic heterocycles. The molecule has 3 aromatic carbocycles. The predicted octanol–water partition coefficient (Wildman–Crippen LogP) is 5.47. The molecule has 11 nitrogen and oxygen atoms in total. The van der Waals surface area contributed by atoms with Crippen molar-refractivity contribution in [1.82, 2.24) is 15.4 Å². The fourth-order valence-electron chi connectivity index (χ4n) is 3.75. The lowest BCUT2D eigenvalue weighted by atomic mass is 10.2. The first-order valence-corrected chi connectivity index (χ1v) is 13.1. The first-order valence-electron chi connectivity index (χ1n) is 11.6. The monoisotopic (exact) mass is 535 g/mol. The van der Waals surface area contributed by atoms with Crippen LogP contribution in [0.2, 0.25) is 0 Å². The molecular weight excluding hydrogens is 510 g/mol. The SMILES string of the molecule is CCc1cc(Nc2cc3onc(NS(=O)(=O)c4ccc(Oc5ccccc5OC)cc4)c3cc2OC)n[nH]1. The van der Waals surface area contributed by atoms with Gasteiger partial charge in [-0.25, -0.2) is 8.42 Å². The summed E-state index contributed by atoms with van der Waals surface area (Å²) in [6.07, 6.45) is 0.813. The summed E-state index contributed by atoms with van der Waals surface area (Å²) in [5.74, 6) is 2.63. The van der Waals surface area contributed by atoms with Gasteiger partial charge in [0.2, 0.25) is 0 Å². The Morgan fingerprint density at radius 3 is 2.37 bits per heavy atom. The van der Waals surface area contributed by atoms with Crippen LogP contribution in [0.4, 0.5) is 17.3 Å². The van der Waals surface area contributed by atoms with Gasteiger partial charge in [0, 0.05) is 17.8 Å². The summed E-state index contributed by atoms with van der Waals surface area (Å²) in [6, 6.07) is 18.4. The number of methoxy groups -OCH3 is 2. The summed E-state index contributed by atoms with van der Waals surface area (Å²) in [6.45, 7) is 2.02. The van der Waals surface area contributed by atoms with Crippen molar-refractivity contribution in [3.8, 4) is 23.0 Å². The number of sulfonamides is 1. The molecule has 38 heavy (non-hydrogen) atoms. The highest BCUT2D eigenvalue weighted by atomic mass is 32.2. The second-order valence-electron chi connectivity index (χ2n) is 8.17. The molecule has 0 amide bonds. The molecule has 196 valence electrons. The molecule has 0 radical (unpaired) electrons. The topological polar surface area (TPSA) is 141 Å². The number of benzene rings is 3. The fourth-order valence-corrected chi connectivity index (χ4v) is 4.77. The number of nitrogens with one attached hydrogen (secondary N) is 3. The summed E-state index contributed by atoms with van der Waals surface area (Å²) in [4.78, 5) is 0.0246. The Balaban J connectivity index is 1.36. The first kappa shape index (κ1) is 25.0. The number of rotatable bonds is 10. The normalized spacial score (nSPS) is 11.3. The van der Waals surface area contributed by atoms with E-state index in [2.05, 4.69) is 25.4 Å². The predicted molar refractivity (Wildman–Crippen MR) is 142 cm³/mol. The van der Waals surface area contributed by atoms with E-state index in [1.54, 1.807) is 43.5 Å². The van der Waals surface area contributed by atoms with E-state index in [0.717, 1.165) is 12.1 Å². The van der Waals surface area contributed by atoms with E-state index in [4.69, 9.17) is 18.7 Å². The third-order valence-electron chi connectivity index (χ3n) is 5.73. The van der Waals surface area contributed by atoms with Crippen LogP contribution < -0.4 is 24.2 Å². The van der Waals surface area contributed by atoms with Crippen molar-refractivity contribution >= 4 is 38.3 Å². The van der Waals surface area contributed by atoms with E-state index in [1.165, 1.54) is 19.2 Å². The lowest BCUT2D eigenvalue weighted by Gasteiger charge is -2.11. The molecule has 0 aliphatic rings. The molecule has 5 aromatic rings. The zero-order valence-corrected chi connectivity index (χ0v) is 21.6. The molecule has 0 unspecified atom stereocenters. The molecule has 2 heterocycles. The Morgan fingerprint density at radius 2 is 1.68 bits per heavy atom. The van der Waals surface area contributed by atoms with Gasteiger partial charge in [-0.1, -0.05) is 24.2 Å². The highest BCUT2D eigenvalue weighted by Gasteiger charge is 2.21. The molecule has 5 rings (SSSR count). The minimum absolute atomic E-state index is 0.0246. The van der Waals surface area contributed by atoms with Crippen molar-refractivity contribution < 1.29 is 27.2 Å². The quantitative estimate of drug-likeness (QED) is 0.212. The summed E-state index contributed by atoms with van der Waals surface area (Å²) >= 11 is 0. The van der Waals surface area contributed by atoms with Crippen LogP contribution in [-0.4, -0.2) is 38.0 Å². The number of para-hydroxylation sites is 2. The number of hydrogen-bond acceptors (Lipinski definition) is 9. The maximum Gasteiger partial charge on any atom is 0.263 e. The van der Waals surface area contributed by atoms with Gasteiger partial charge in [0.25, 0.3) is 10.0 Å². The van der Waals surface area contributed by atoms with Crippen LogP contribution in [-0.2, 0) is 16.4 Å². The summed E-state index contributed by atoms with van der Waals surface area (Å²) < 4.78 is 50.7. The van der Waals surface area contributed by atoms with E-state index in [1.807, 2.05) is 25.1 Å². The van der Waals surface area contributed by atoms with Gasteiger partial charge < -0.3 is 24.1 Å². The van der Waals surface area contributed by atoms with Gasteiger partial charge in [-0.3, -0.25) is 9.82 Å². The minimum atomic E-state index is -3.98. The average molecular weight is 536 g/mol. The third-order valence-corrected chi connectivity index (χ3v) is 7.08. The number of fused-ring (bicyclic) bond motifs is 1. The van der Waals surface area contributed by atoms with Crippen molar-refractivity contribution in [1.29, 1.82) is 0 Å². The molecule has 0 fully saturated rings. The highest BCUT2D eigenvalue weighted by Crippen LogP contribution is 2.36. The van der Waals surface area contributed by atoms with Gasteiger partial charge in [0.05, 0.1) is 30.2 Å². The maximum absolute atomic E-state index is 13.1. The number of anilines is 3. The number of hydrogen-bond donors (Lipinski definition) is 3. The Hall–Kier alpha value is -4.71. The summed E-state index contributed by atoms with van der Waals surface area (Å²) in [5.41, 5.74) is 1.92. The minimum Gasteiger partial charge on any atom is -0.495 e. The lowest BCUT2D eigenvalue weighted by Crippen LogP contribution is -2.13. The number of aryl methyl sites for hydroxylation is 1. The first-order chi connectivity index (χ1) is 18.4. The van der Waals surface area contributed by atoms with Crippen LogP contribution in [0, 0.1) is 0 Å². The molecule has 0 atom stereocenters. The van der Waals surface area contributed by atoms with Gasteiger partial charge >= 0.3 is 0 Å². The smallest absolute Gasteiger partial charge is 0.263 e. The van der Waals surface area contributed by atoms with E-state index in [9.17, 15) is 8.42 Å². The second-order valence-corrected chi connectivity index (χ2v) is 9.85. The fraction of sp³-hybridized carbons (Fsp3) is 0.154. The number of ether oxygens (including phenoxy) is 3. The molecule has 0 bridgehead atoms. The zero-order chi connectivity index (χ0) is 26.7. The summed E-state index contributed by atoms with van der Waals surface area (Å²) in [7, 11) is -0.918. The number of aromatic nitrogens is 3. The van der Waals surface area contributed by atoms with Crippen molar-refractivity contribution in [3.05, 3.63) is 72.4 Å². The van der Waals surface area contributed by atoms with Crippen molar-refractivity contribution in [3.63, 3.8) is 0 Å². The standard InChI is InChI=1S/C26H25N5O6S/c1-4-16-13-25(29-28-16)27-20-15-23-19(14-24(20)35-3)26(30-37-23)31-38(32,33)18-11-9-17(10-12-18)36-22-8-6-5-7-21(22)34-2/h5-15H,4H2,1-3H3,(H,30,31)(H2,27,28,29). The molecule has 0 spiro atoms. The number of nitrogens with zero attached hydrogens (tertiary/aromatic N) is 2. The van der Waals surface area contributed by atoms with Crippen molar-refractivity contribution in [2.75, 3.05) is 24.3 Å². The Kier molecular flexibility index (Phi) is 6.79. The number of H-pyrrole nitrogens is 1. The lowest BCUT2D eigenvalue weighted by molar-refractivity contribution is 0.379. The van der Waals surface area contributed by atoms with Gasteiger partial charge in [-0.15, -0.1) is 0 Å². The van der Waals surface area contributed by atoms with Gasteiger partial charge in [-0.2, -0.15) is 5.10 Å². The van der Waals surface area contributed by atoms with Crippen LogP contribution in [0.3, 0.4) is 0 Å². The second kappa shape index (κ2) is 10.3. The largest absolute Gasteiger partial charge is 0.495 e. The molecule has 0 saturated heterocycles. The van der Waals surface area contributed by atoms with E-state index in [-0.39, 0.29) is 10.7 Å². The van der Waals surface area contributed by atoms with E-state index in [0.29, 0.717) is 45.5 Å². The van der Waals surface area contributed by atoms with Gasteiger partial charge in [0.15, 0.2) is 28.7 Å². The molecule has 0 aliphatic carbocycles.